The first-order valence-electron chi connectivity index (χ1n) is 5.99. The van der Waals surface area contributed by atoms with E-state index in [1.54, 1.807) is 0 Å². The van der Waals surface area contributed by atoms with Crippen molar-refractivity contribution in [3.05, 3.63) is 48.0 Å². The summed E-state index contributed by atoms with van der Waals surface area (Å²) in [6.07, 6.45) is 4.31. The SMILES string of the molecule is OCCCCCc1cccc2ccccc12. The summed E-state index contributed by atoms with van der Waals surface area (Å²) < 4.78 is 0. The van der Waals surface area contributed by atoms with Gasteiger partial charge in [-0.1, -0.05) is 48.9 Å². The number of aliphatic hydroxyl groups excluding tert-OH is 1. The fraction of sp³-hybridized carbons (Fsp3) is 0.333. The molecule has 2 rings (SSSR count). The van der Waals surface area contributed by atoms with E-state index in [0.717, 1.165) is 25.7 Å². The van der Waals surface area contributed by atoms with Crippen LogP contribution in [0.25, 0.3) is 10.8 Å². The van der Waals surface area contributed by atoms with Gasteiger partial charge in [-0.3, -0.25) is 0 Å². The van der Waals surface area contributed by atoms with Crippen LogP contribution in [-0.4, -0.2) is 11.7 Å². The zero-order chi connectivity index (χ0) is 11.2. The van der Waals surface area contributed by atoms with Crippen molar-refractivity contribution in [2.45, 2.75) is 25.7 Å². The molecule has 0 unspecified atom stereocenters. The van der Waals surface area contributed by atoms with E-state index >= 15 is 0 Å². The summed E-state index contributed by atoms with van der Waals surface area (Å²) in [7, 11) is 0. The first kappa shape index (κ1) is 11.2. The molecular weight excluding hydrogens is 196 g/mol. The number of benzene rings is 2. The molecule has 0 saturated carbocycles. The fourth-order valence-electron chi connectivity index (χ4n) is 2.11. The van der Waals surface area contributed by atoms with Gasteiger partial charge in [0.25, 0.3) is 0 Å². The summed E-state index contributed by atoms with van der Waals surface area (Å²) >= 11 is 0. The second-order valence-corrected chi connectivity index (χ2v) is 4.17. The Bertz CT molecular complexity index is 443. The van der Waals surface area contributed by atoms with Gasteiger partial charge >= 0.3 is 0 Å². The van der Waals surface area contributed by atoms with Crippen molar-refractivity contribution < 1.29 is 5.11 Å². The van der Waals surface area contributed by atoms with Crippen LogP contribution in [0.2, 0.25) is 0 Å². The minimum atomic E-state index is 0.315. The number of aryl methyl sites for hydroxylation is 1. The minimum absolute atomic E-state index is 0.315. The van der Waals surface area contributed by atoms with E-state index in [1.807, 2.05) is 0 Å². The average Bonchev–Trinajstić information content (AvgIpc) is 2.35. The Morgan fingerprint density at radius 1 is 0.812 bits per heavy atom. The van der Waals surface area contributed by atoms with Crippen LogP contribution in [0.1, 0.15) is 24.8 Å². The lowest BCUT2D eigenvalue weighted by Crippen LogP contribution is -1.89. The normalized spacial score (nSPS) is 10.8. The zero-order valence-corrected chi connectivity index (χ0v) is 9.52. The second-order valence-electron chi connectivity index (χ2n) is 4.17. The fourth-order valence-corrected chi connectivity index (χ4v) is 2.11. The average molecular weight is 214 g/mol. The molecule has 0 amide bonds. The monoisotopic (exact) mass is 214 g/mol. The van der Waals surface area contributed by atoms with E-state index in [9.17, 15) is 0 Å². The van der Waals surface area contributed by atoms with Crippen molar-refractivity contribution in [3.8, 4) is 0 Å². The molecule has 16 heavy (non-hydrogen) atoms. The van der Waals surface area contributed by atoms with Gasteiger partial charge in [0, 0.05) is 6.61 Å². The summed E-state index contributed by atoms with van der Waals surface area (Å²) in [5.41, 5.74) is 1.43. The van der Waals surface area contributed by atoms with Crippen molar-refractivity contribution in [2.75, 3.05) is 6.61 Å². The van der Waals surface area contributed by atoms with E-state index in [4.69, 9.17) is 5.11 Å². The van der Waals surface area contributed by atoms with Gasteiger partial charge in [-0.05, 0) is 35.6 Å². The summed E-state index contributed by atoms with van der Waals surface area (Å²) in [6, 6.07) is 15.0. The highest BCUT2D eigenvalue weighted by atomic mass is 16.2. The molecule has 2 aromatic carbocycles. The number of aliphatic hydroxyl groups is 1. The van der Waals surface area contributed by atoms with E-state index in [-0.39, 0.29) is 0 Å². The van der Waals surface area contributed by atoms with Gasteiger partial charge in [-0.25, -0.2) is 0 Å². The van der Waals surface area contributed by atoms with Crippen LogP contribution < -0.4 is 0 Å². The third-order valence-electron chi connectivity index (χ3n) is 2.98. The summed E-state index contributed by atoms with van der Waals surface area (Å²) in [5.74, 6) is 0. The molecule has 0 bridgehead atoms. The van der Waals surface area contributed by atoms with Gasteiger partial charge in [-0.2, -0.15) is 0 Å². The van der Waals surface area contributed by atoms with Gasteiger partial charge in [0.05, 0.1) is 0 Å². The number of hydrogen-bond acceptors (Lipinski definition) is 1. The third-order valence-corrected chi connectivity index (χ3v) is 2.98. The molecule has 0 aromatic heterocycles. The number of unbranched alkanes of at least 4 members (excludes halogenated alkanes) is 2. The molecule has 0 fully saturated rings. The van der Waals surface area contributed by atoms with Gasteiger partial charge < -0.3 is 5.11 Å². The summed E-state index contributed by atoms with van der Waals surface area (Å²) in [4.78, 5) is 0. The molecule has 0 aliphatic rings. The van der Waals surface area contributed by atoms with Gasteiger partial charge in [0.15, 0.2) is 0 Å². The predicted molar refractivity (Wildman–Crippen MR) is 68.6 cm³/mol. The van der Waals surface area contributed by atoms with Crippen molar-refractivity contribution in [2.24, 2.45) is 0 Å². The van der Waals surface area contributed by atoms with Crippen LogP contribution in [0.5, 0.6) is 0 Å². The second kappa shape index (κ2) is 5.66. The highest BCUT2D eigenvalue weighted by Gasteiger charge is 1.99. The van der Waals surface area contributed by atoms with Gasteiger partial charge in [0.2, 0.25) is 0 Å². The van der Waals surface area contributed by atoms with Crippen molar-refractivity contribution in [1.82, 2.24) is 0 Å². The van der Waals surface area contributed by atoms with Crippen LogP contribution in [-0.2, 0) is 6.42 Å². The zero-order valence-electron chi connectivity index (χ0n) is 9.52. The number of rotatable bonds is 5. The van der Waals surface area contributed by atoms with E-state index in [0.29, 0.717) is 6.61 Å². The molecule has 1 nitrogen and oxygen atoms in total. The highest BCUT2D eigenvalue weighted by molar-refractivity contribution is 5.85. The van der Waals surface area contributed by atoms with E-state index in [2.05, 4.69) is 42.5 Å². The topological polar surface area (TPSA) is 20.2 Å². The maximum Gasteiger partial charge on any atom is 0.0431 e. The molecule has 2 aromatic rings. The molecule has 0 aliphatic carbocycles. The largest absolute Gasteiger partial charge is 0.396 e. The van der Waals surface area contributed by atoms with Gasteiger partial charge in [0.1, 0.15) is 0 Å². The summed E-state index contributed by atoms with van der Waals surface area (Å²) in [5, 5.41) is 11.4. The molecule has 0 radical (unpaired) electrons. The van der Waals surface area contributed by atoms with Crippen LogP contribution in [0, 0.1) is 0 Å². The molecule has 0 atom stereocenters. The Kier molecular flexibility index (Phi) is 3.95. The minimum Gasteiger partial charge on any atom is -0.396 e. The molecule has 0 aliphatic heterocycles. The molecule has 1 N–H and O–H groups in total. The lowest BCUT2D eigenvalue weighted by atomic mass is 10.00. The van der Waals surface area contributed by atoms with Crippen molar-refractivity contribution in [3.63, 3.8) is 0 Å². The predicted octanol–water partition coefficient (Wildman–Crippen LogP) is 3.54. The Hall–Kier alpha value is -1.34. The lowest BCUT2D eigenvalue weighted by molar-refractivity contribution is 0.283. The van der Waals surface area contributed by atoms with Crippen LogP contribution in [0.4, 0.5) is 0 Å². The van der Waals surface area contributed by atoms with Crippen molar-refractivity contribution in [1.29, 1.82) is 0 Å². The smallest absolute Gasteiger partial charge is 0.0431 e. The van der Waals surface area contributed by atoms with Crippen LogP contribution in [0.3, 0.4) is 0 Å². The number of fused-ring (bicyclic) bond motifs is 1. The Balaban J connectivity index is 2.11. The first-order valence-corrected chi connectivity index (χ1v) is 5.99. The maximum atomic E-state index is 8.74. The Morgan fingerprint density at radius 2 is 1.62 bits per heavy atom. The lowest BCUT2D eigenvalue weighted by Gasteiger charge is -2.05. The van der Waals surface area contributed by atoms with Crippen molar-refractivity contribution >= 4 is 10.8 Å². The summed E-state index contributed by atoms with van der Waals surface area (Å²) in [6.45, 7) is 0.315. The molecule has 0 heterocycles. The first-order chi connectivity index (χ1) is 7.92. The quantitative estimate of drug-likeness (QED) is 0.755. The molecule has 0 saturated heterocycles. The maximum absolute atomic E-state index is 8.74. The molecule has 0 spiro atoms. The van der Waals surface area contributed by atoms with E-state index in [1.165, 1.54) is 16.3 Å². The Labute approximate surface area is 96.7 Å². The highest BCUT2D eigenvalue weighted by Crippen LogP contribution is 2.20. The molecular formula is C15H18O. The van der Waals surface area contributed by atoms with Crippen LogP contribution >= 0.6 is 0 Å². The Morgan fingerprint density at radius 3 is 2.50 bits per heavy atom. The number of hydrogen-bond donors (Lipinski definition) is 1. The molecule has 1 heteroatoms. The standard InChI is InChI=1S/C15H18O/c16-12-5-1-2-7-13-9-6-10-14-8-3-4-11-15(13)14/h3-4,6,8-11,16H,1-2,5,7,12H2. The third kappa shape index (κ3) is 2.61. The van der Waals surface area contributed by atoms with Crippen LogP contribution in [0.15, 0.2) is 42.5 Å². The van der Waals surface area contributed by atoms with E-state index < -0.39 is 0 Å². The molecule has 84 valence electrons. The van der Waals surface area contributed by atoms with Gasteiger partial charge in [-0.15, -0.1) is 0 Å².